The Labute approximate surface area is 367 Å². The summed E-state index contributed by atoms with van der Waals surface area (Å²) >= 11 is 0. The largest absolute Gasteiger partial charge is 0.465 e. The number of nitrogens with zero attached hydrogens (tertiary/aromatic N) is 4. The van der Waals surface area contributed by atoms with E-state index in [4.69, 9.17) is 14.6 Å². The average Bonchev–Trinajstić information content (AvgIpc) is 3.58. The predicted molar refractivity (Wildman–Crippen MR) is 253 cm³/mol. The lowest BCUT2D eigenvalue weighted by Gasteiger charge is -2.37. The van der Waals surface area contributed by atoms with E-state index in [1.54, 1.807) is 0 Å². The van der Waals surface area contributed by atoms with Gasteiger partial charge in [-0.25, -0.2) is 0 Å². The van der Waals surface area contributed by atoms with Gasteiger partial charge < -0.3 is 18.9 Å². The fourth-order valence-electron chi connectivity index (χ4n) is 9.89. The van der Waals surface area contributed by atoms with Gasteiger partial charge in [-0.1, -0.05) is 102 Å². The Balaban J connectivity index is 1.00. The molecule has 0 spiro atoms. The van der Waals surface area contributed by atoms with Gasteiger partial charge in [0.05, 0.1) is 23.7 Å². The van der Waals surface area contributed by atoms with Crippen molar-refractivity contribution in [1.82, 2.24) is 9.58 Å². The maximum atomic E-state index is 14.1. The number of rotatable bonds is 25. The molecule has 0 radical (unpaired) electrons. The van der Waals surface area contributed by atoms with Crippen LogP contribution in [-0.4, -0.2) is 60.7 Å². The highest BCUT2D eigenvalue weighted by atomic mass is 16.6. The standard InChI is InChI=1S/C53H76N4O4/c1-7-9-10-11-12-13-14-17-32-48(55(6)54-39-41-37-42-26-24-33-56-34-25-27-43(38-41)49(42)56)61-50(58)52(3,4)40-53(5,8-2)51(59)60-36-23-16-15-22-35-57-46-30-20-18-28-44(46)45-29-19-21-31-47(45)57/h18-21,28-31,37-39,48H,7-17,22-27,32-36,40H2,1-6H3/b54-39+. The van der Waals surface area contributed by atoms with E-state index in [1.807, 2.05) is 46.0 Å². The number of benzene rings is 3. The molecule has 2 aliphatic heterocycles. The Bertz CT molecular complexity index is 1980. The second-order valence-electron chi connectivity index (χ2n) is 19.0. The number of para-hydroxylation sites is 2. The molecule has 8 nitrogen and oxygen atoms in total. The summed E-state index contributed by atoms with van der Waals surface area (Å²) in [7, 11) is 1.92. The van der Waals surface area contributed by atoms with Crippen LogP contribution in [0.15, 0.2) is 65.8 Å². The molecule has 0 bridgehead atoms. The number of carbonyl (C=O) groups is 2. The number of anilines is 1. The molecule has 2 unspecified atom stereocenters. The second kappa shape index (κ2) is 22.2. The molecule has 2 aliphatic rings. The van der Waals surface area contributed by atoms with E-state index < -0.39 is 17.1 Å². The van der Waals surface area contributed by atoms with Crippen LogP contribution in [0.2, 0.25) is 0 Å². The molecule has 0 amide bonds. The molecule has 6 rings (SSSR count). The highest BCUT2D eigenvalue weighted by molar-refractivity contribution is 6.07. The maximum absolute atomic E-state index is 14.1. The first-order valence-corrected chi connectivity index (χ1v) is 24.1. The molecule has 3 aromatic carbocycles. The highest BCUT2D eigenvalue weighted by Gasteiger charge is 2.43. The Morgan fingerprint density at radius 1 is 0.770 bits per heavy atom. The monoisotopic (exact) mass is 833 g/mol. The lowest BCUT2D eigenvalue weighted by Crippen LogP contribution is -2.42. The van der Waals surface area contributed by atoms with E-state index in [0.717, 1.165) is 76.6 Å². The molecule has 61 heavy (non-hydrogen) atoms. The van der Waals surface area contributed by atoms with E-state index in [0.29, 0.717) is 25.9 Å². The van der Waals surface area contributed by atoms with Crippen LogP contribution in [-0.2, 0) is 38.4 Å². The number of aryl methyl sites for hydroxylation is 3. The molecule has 3 heterocycles. The minimum absolute atomic E-state index is 0.231. The average molecular weight is 833 g/mol. The van der Waals surface area contributed by atoms with Gasteiger partial charge in [0.25, 0.3) is 0 Å². The van der Waals surface area contributed by atoms with Crippen LogP contribution in [0.3, 0.4) is 0 Å². The minimum atomic E-state index is -0.897. The molecule has 2 atom stereocenters. The summed E-state index contributed by atoms with van der Waals surface area (Å²) in [6.45, 7) is 13.7. The molecule has 332 valence electrons. The van der Waals surface area contributed by atoms with Gasteiger partial charge in [-0.2, -0.15) is 5.10 Å². The van der Waals surface area contributed by atoms with Gasteiger partial charge in [-0.15, -0.1) is 0 Å². The number of ether oxygens (including phenoxy) is 2. The van der Waals surface area contributed by atoms with Crippen LogP contribution in [0.25, 0.3) is 21.8 Å². The molecule has 0 N–H and O–H groups in total. The van der Waals surface area contributed by atoms with E-state index in [-0.39, 0.29) is 11.9 Å². The van der Waals surface area contributed by atoms with Crippen molar-refractivity contribution in [2.75, 3.05) is 31.6 Å². The fourth-order valence-corrected chi connectivity index (χ4v) is 9.89. The van der Waals surface area contributed by atoms with Crippen molar-refractivity contribution in [2.45, 2.75) is 169 Å². The third-order valence-corrected chi connectivity index (χ3v) is 13.6. The normalized spacial score (nSPS) is 15.5. The quantitative estimate of drug-likeness (QED) is 0.0218. The molecule has 0 saturated heterocycles. The van der Waals surface area contributed by atoms with Crippen molar-refractivity contribution in [3.05, 3.63) is 77.4 Å². The number of unbranched alkanes of at least 4 members (excludes halogenated alkanes) is 10. The Morgan fingerprint density at radius 2 is 1.34 bits per heavy atom. The van der Waals surface area contributed by atoms with E-state index in [1.165, 1.54) is 90.0 Å². The van der Waals surface area contributed by atoms with Crippen molar-refractivity contribution in [3.63, 3.8) is 0 Å². The predicted octanol–water partition coefficient (Wildman–Crippen LogP) is 12.8. The minimum Gasteiger partial charge on any atom is -0.465 e. The summed E-state index contributed by atoms with van der Waals surface area (Å²) in [5.74, 6) is -0.529. The van der Waals surface area contributed by atoms with Crippen molar-refractivity contribution >= 4 is 45.6 Å². The van der Waals surface area contributed by atoms with Crippen molar-refractivity contribution < 1.29 is 19.1 Å². The van der Waals surface area contributed by atoms with Crippen LogP contribution in [0, 0.1) is 10.8 Å². The van der Waals surface area contributed by atoms with Gasteiger partial charge in [0.15, 0.2) is 6.23 Å². The summed E-state index contributed by atoms with van der Waals surface area (Å²) in [4.78, 5) is 30.4. The van der Waals surface area contributed by atoms with Crippen molar-refractivity contribution in [1.29, 1.82) is 0 Å². The molecule has 1 aromatic heterocycles. The highest BCUT2D eigenvalue weighted by Crippen LogP contribution is 2.40. The first-order valence-electron chi connectivity index (χ1n) is 24.1. The zero-order chi connectivity index (χ0) is 43.2. The first-order chi connectivity index (χ1) is 29.5. The summed E-state index contributed by atoms with van der Waals surface area (Å²) in [6, 6.07) is 21.9. The second-order valence-corrected chi connectivity index (χ2v) is 19.0. The van der Waals surface area contributed by atoms with E-state index >= 15 is 0 Å². The summed E-state index contributed by atoms with van der Waals surface area (Å²) in [5.41, 5.74) is 6.29. The zero-order valence-electron chi connectivity index (χ0n) is 38.6. The smallest absolute Gasteiger partial charge is 0.313 e. The Kier molecular flexibility index (Phi) is 16.8. The number of fused-ring (bicyclic) bond motifs is 3. The number of hydrogen-bond acceptors (Lipinski definition) is 7. The number of hydrazone groups is 1. The van der Waals surface area contributed by atoms with Crippen LogP contribution in [0.5, 0.6) is 0 Å². The summed E-state index contributed by atoms with van der Waals surface area (Å²) in [5, 5.41) is 9.34. The molecule has 0 saturated carbocycles. The first kappa shape index (κ1) is 46.2. The lowest BCUT2D eigenvalue weighted by molar-refractivity contribution is -0.174. The summed E-state index contributed by atoms with van der Waals surface area (Å²) < 4.78 is 14.7. The third kappa shape index (κ3) is 12.0. The van der Waals surface area contributed by atoms with E-state index in [2.05, 4.69) is 77.1 Å². The van der Waals surface area contributed by atoms with Crippen LogP contribution in [0.1, 0.15) is 160 Å². The topological polar surface area (TPSA) is 76.4 Å². The van der Waals surface area contributed by atoms with Crippen LogP contribution < -0.4 is 4.90 Å². The number of carbonyl (C=O) groups excluding carboxylic acids is 2. The SMILES string of the molecule is CCCCCCCCCCC(OC(=O)C(C)(C)CC(C)(CC)C(=O)OCCCCCCn1c2ccccc2c2ccccc21)N(C)/N=C/c1cc2c3c(c1)CCCN3CCC2. The maximum Gasteiger partial charge on any atom is 0.313 e. The van der Waals surface area contributed by atoms with Crippen molar-refractivity contribution in [2.24, 2.45) is 15.9 Å². The molecule has 8 heteroatoms. The fraction of sp³-hybridized carbons (Fsp3) is 0.604. The van der Waals surface area contributed by atoms with Gasteiger partial charge in [-0.05, 0) is 126 Å². The van der Waals surface area contributed by atoms with Crippen molar-refractivity contribution in [3.8, 4) is 0 Å². The van der Waals surface area contributed by atoms with E-state index in [9.17, 15) is 9.59 Å². The molecular formula is C53H76N4O4. The molecule has 0 fully saturated rings. The molecule has 4 aromatic rings. The number of hydrogen-bond donors (Lipinski definition) is 0. The van der Waals surface area contributed by atoms with Gasteiger partial charge in [0.1, 0.15) is 0 Å². The summed E-state index contributed by atoms with van der Waals surface area (Å²) in [6.07, 6.45) is 21.3. The van der Waals surface area contributed by atoms with Gasteiger partial charge >= 0.3 is 11.9 Å². The third-order valence-electron chi connectivity index (χ3n) is 13.6. The van der Waals surface area contributed by atoms with Crippen LogP contribution >= 0.6 is 0 Å². The number of aromatic nitrogens is 1. The van der Waals surface area contributed by atoms with Gasteiger partial charge in [0, 0.05) is 60.6 Å². The molecular weight excluding hydrogens is 757 g/mol. The van der Waals surface area contributed by atoms with Gasteiger partial charge in [0.2, 0.25) is 0 Å². The Morgan fingerprint density at radius 3 is 1.97 bits per heavy atom. The zero-order valence-corrected chi connectivity index (χ0v) is 38.6. The van der Waals surface area contributed by atoms with Gasteiger partial charge in [-0.3, -0.25) is 14.6 Å². The lowest BCUT2D eigenvalue weighted by atomic mass is 9.72. The Hall–Kier alpha value is -4.33. The molecule has 0 aliphatic carbocycles. The number of esters is 2. The van der Waals surface area contributed by atoms with Crippen LogP contribution in [0.4, 0.5) is 5.69 Å².